The second-order valence-corrected chi connectivity index (χ2v) is 20.8. The van der Waals surface area contributed by atoms with E-state index >= 15 is 0 Å². The third-order valence-corrected chi connectivity index (χ3v) is 20.5. The molecule has 7 aromatic rings. The third kappa shape index (κ3) is 3.48. The Balaban J connectivity index is 1.12. The number of para-hydroxylation sites is 1. The summed E-state index contributed by atoms with van der Waals surface area (Å²) in [5.41, 5.74) is 17.0. The van der Waals surface area contributed by atoms with Crippen LogP contribution in [0.25, 0.3) is 34.4 Å². The fourth-order valence-electron chi connectivity index (χ4n) is 9.49. The number of nitrogens with zero attached hydrogens (tertiary/aromatic N) is 1. The van der Waals surface area contributed by atoms with Crippen molar-refractivity contribution >= 4 is 76.5 Å². The second-order valence-electron chi connectivity index (χ2n) is 13.7. The first-order valence-corrected chi connectivity index (χ1v) is 21.3. The van der Waals surface area contributed by atoms with Crippen molar-refractivity contribution in [3.8, 4) is 22.3 Å². The number of anilines is 3. The highest BCUT2D eigenvalue weighted by Crippen LogP contribution is 2.42. The first-order chi connectivity index (χ1) is 24.3. The van der Waals surface area contributed by atoms with Gasteiger partial charge in [0, 0.05) is 17.1 Å². The molecule has 4 aliphatic heterocycles. The molecule has 2 unspecified atom stereocenters. The summed E-state index contributed by atoms with van der Waals surface area (Å²) in [6.07, 6.45) is 4.75. The highest BCUT2D eigenvalue weighted by molar-refractivity contribution is 7.19. The predicted octanol–water partition coefficient (Wildman–Crippen LogP) is 7.19. The molecule has 49 heavy (non-hydrogen) atoms. The van der Waals surface area contributed by atoms with Crippen molar-refractivity contribution in [3.63, 3.8) is 0 Å². The Kier molecular flexibility index (Phi) is 5.50. The zero-order chi connectivity index (χ0) is 32.2. The van der Waals surface area contributed by atoms with Gasteiger partial charge in [-0.25, -0.2) is 11.4 Å². The Bertz CT molecular complexity index is 2390. The molecule has 1 nitrogen and oxygen atoms in total. The van der Waals surface area contributed by atoms with E-state index in [0.717, 1.165) is 0 Å². The Morgan fingerprint density at radius 1 is 0.347 bits per heavy atom. The van der Waals surface area contributed by atoms with Gasteiger partial charge in [-0.2, -0.15) is 31.1 Å². The SMILES string of the molecule is C1=C[Si-]2(c3ccccc3)c3ccc(N(c4ccccc4)c4ccc5c(c4)-c4cccc6c4[Si-]5(c4ccccc4)C=C6)cc3-c3cccc1c32. The van der Waals surface area contributed by atoms with Crippen LogP contribution in [0.3, 0.4) is 0 Å². The van der Waals surface area contributed by atoms with E-state index in [-0.39, 0.29) is 0 Å². The molecule has 0 aromatic heterocycles. The molecule has 230 valence electrons. The number of hydrogen-bond donors (Lipinski definition) is 0. The first kappa shape index (κ1) is 27.2. The summed E-state index contributed by atoms with van der Waals surface area (Å²) in [7, 11) is -4.50. The highest BCUT2D eigenvalue weighted by atomic mass is 28.3. The van der Waals surface area contributed by atoms with E-state index in [1.807, 2.05) is 0 Å². The van der Waals surface area contributed by atoms with Crippen molar-refractivity contribution in [1.29, 1.82) is 0 Å². The van der Waals surface area contributed by atoms with Gasteiger partial charge in [0.25, 0.3) is 0 Å². The fourth-order valence-corrected chi connectivity index (χ4v) is 19.1. The lowest BCUT2D eigenvalue weighted by molar-refractivity contribution is 1.29. The minimum absolute atomic E-state index is 1.17. The molecule has 0 spiro atoms. The van der Waals surface area contributed by atoms with Gasteiger partial charge in [0.2, 0.25) is 0 Å². The van der Waals surface area contributed by atoms with Gasteiger partial charge in [-0.05, 0) is 63.7 Å². The molecule has 0 amide bonds. The van der Waals surface area contributed by atoms with Crippen molar-refractivity contribution in [3.05, 3.63) is 186 Å². The van der Waals surface area contributed by atoms with Crippen LogP contribution in [0, 0.1) is 0 Å². The molecule has 0 bridgehead atoms. The molecule has 7 aromatic carbocycles. The Labute approximate surface area is 288 Å². The maximum Gasteiger partial charge on any atom is 0.0465 e. The Morgan fingerprint density at radius 2 is 0.796 bits per heavy atom. The monoisotopic (exact) mass is 653 g/mol. The third-order valence-electron chi connectivity index (χ3n) is 11.4. The summed E-state index contributed by atoms with van der Waals surface area (Å²) >= 11 is 0. The van der Waals surface area contributed by atoms with Gasteiger partial charge < -0.3 is 4.90 Å². The van der Waals surface area contributed by atoms with Crippen molar-refractivity contribution in [2.45, 2.75) is 0 Å². The van der Waals surface area contributed by atoms with Crippen LogP contribution < -0.4 is 36.0 Å². The van der Waals surface area contributed by atoms with Crippen molar-refractivity contribution in [2.24, 2.45) is 0 Å². The summed E-state index contributed by atoms with van der Waals surface area (Å²) in [6, 6.07) is 61.7. The van der Waals surface area contributed by atoms with Crippen LogP contribution in [0.5, 0.6) is 0 Å². The summed E-state index contributed by atoms with van der Waals surface area (Å²) in [4.78, 5) is 2.46. The van der Waals surface area contributed by atoms with Crippen LogP contribution in [0.15, 0.2) is 175 Å². The molecule has 0 aliphatic carbocycles. The average Bonchev–Trinajstić information content (AvgIpc) is 3.91. The summed E-state index contributed by atoms with van der Waals surface area (Å²) in [5, 5.41) is 9.01. The van der Waals surface area contributed by atoms with Gasteiger partial charge in [-0.1, -0.05) is 162 Å². The second kappa shape index (κ2) is 9.89. The quantitative estimate of drug-likeness (QED) is 0.178. The highest BCUT2D eigenvalue weighted by Gasteiger charge is 2.39. The molecule has 0 N–H and O–H groups in total. The van der Waals surface area contributed by atoms with E-state index in [1.165, 1.54) is 71.2 Å². The van der Waals surface area contributed by atoms with Crippen LogP contribution >= 0.6 is 0 Å². The molecular weight excluding hydrogens is 623 g/mol. The van der Waals surface area contributed by atoms with Gasteiger partial charge >= 0.3 is 0 Å². The molecule has 2 atom stereocenters. The number of benzene rings is 7. The number of fused-ring (bicyclic) bond motifs is 6. The van der Waals surface area contributed by atoms with E-state index < -0.39 is 16.1 Å². The van der Waals surface area contributed by atoms with Gasteiger partial charge in [-0.3, -0.25) is 0 Å². The van der Waals surface area contributed by atoms with E-state index in [1.54, 1.807) is 10.4 Å². The van der Waals surface area contributed by atoms with Crippen LogP contribution in [0.1, 0.15) is 11.1 Å². The maximum atomic E-state index is 2.56. The minimum atomic E-state index is -2.25. The van der Waals surface area contributed by atoms with E-state index in [0.29, 0.717) is 0 Å². The van der Waals surface area contributed by atoms with Crippen molar-refractivity contribution in [1.82, 2.24) is 0 Å². The van der Waals surface area contributed by atoms with Gasteiger partial charge in [0.05, 0.1) is 0 Å². The smallest absolute Gasteiger partial charge is 0.0465 e. The minimum Gasteiger partial charge on any atom is -0.310 e. The lowest BCUT2D eigenvalue weighted by Crippen LogP contribution is -2.62. The maximum absolute atomic E-state index is 2.56. The van der Waals surface area contributed by atoms with E-state index in [2.05, 4.69) is 192 Å². The lowest BCUT2D eigenvalue weighted by atomic mass is 10.0. The molecule has 0 saturated heterocycles. The number of hydrogen-bond acceptors (Lipinski definition) is 1. The molecule has 0 saturated carbocycles. The molecule has 4 aliphatic rings. The van der Waals surface area contributed by atoms with Crippen molar-refractivity contribution < 1.29 is 0 Å². The fraction of sp³-hybridized carbons (Fsp3) is 0. The largest absolute Gasteiger partial charge is 0.310 e. The molecule has 11 rings (SSSR count). The first-order valence-electron chi connectivity index (χ1n) is 17.2. The summed E-state index contributed by atoms with van der Waals surface area (Å²) < 4.78 is 0. The van der Waals surface area contributed by atoms with E-state index in [9.17, 15) is 0 Å². The predicted molar refractivity (Wildman–Crippen MR) is 212 cm³/mol. The molecule has 0 fully saturated rings. The Hall–Kier alpha value is -5.75. The van der Waals surface area contributed by atoms with Gasteiger partial charge in [0.15, 0.2) is 0 Å². The zero-order valence-corrected chi connectivity index (χ0v) is 28.8. The van der Waals surface area contributed by atoms with Crippen LogP contribution in [0.4, 0.5) is 17.1 Å². The average molecular weight is 654 g/mol. The van der Waals surface area contributed by atoms with Crippen LogP contribution in [-0.2, 0) is 0 Å². The Morgan fingerprint density at radius 3 is 1.27 bits per heavy atom. The van der Waals surface area contributed by atoms with Gasteiger partial charge in [0.1, 0.15) is 0 Å². The molecular formula is C46H31NSi2-2. The number of rotatable bonds is 5. The molecule has 4 heterocycles. The summed E-state index contributed by atoms with van der Waals surface area (Å²) in [6.45, 7) is 0. The topological polar surface area (TPSA) is 3.24 Å². The van der Waals surface area contributed by atoms with Gasteiger partial charge in [-0.15, -0.1) is 0 Å². The molecule has 3 heteroatoms. The zero-order valence-electron chi connectivity index (χ0n) is 26.8. The van der Waals surface area contributed by atoms with Crippen molar-refractivity contribution in [2.75, 3.05) is 4.90 Å². The molecule has 0 radical (unpaired) electrons. The van der Waals surface area contributed by atoms with Crippen LogP contribution in [0.2, 0.25) is 0 Å². The van der Waals surface area contributed by atoms with E-state index in [4.69, 9.17) is 0 Å². The summed E-state index contributed by atoms with van der Waals surface area (Å²) in [5.74, 6) is 0. The van der Waals surface area contributed by atoms with Crippen LogP contribution in [-0.4, -0.2) is 16.1 Å². The normalized spacial score (nSPS) is 19.4. The lowest BCUT2D eigenvalue weighted by Gasteiger charge is -2.38. The standard InChI is InChI=1S/C46H31NSi2/c1-4-14-34(15-5-1)47(35-22-24-43-41(30-35)39-20-10-12-32-26-28-48(43,45(32)39)37-16-6-2-7-17-37)36-23-25-44-42(31-36)40-21-11-13-33-27-29-49(44,46(33)40)38-18-8-3-9-19-38/h1-31H/q-2.